The monoisotopic (exact) mass is 537 g/mol. The van der Waals surface area contributed by atoms with Crippen LogP contribution >= 0.6 is 22.9 Å². The van der Waals surface area contributed by atoms with Crippen LogP contribution in [0.25, 0.3) is 0 Å². The molecule has 0 radical (unpaired) electrons. The van der Waals surface area contributed by atoms with Crippen LogP contribution in [-0.4, -0.2) is 66.1 Å². The van der Waals surface area contributed by atoms with Crippen molar-refractivity contribution in [2.24, 2.45) is 15.7 Å². The average Bonchev–Trinajstić information content (AvgIpc) is 3.49. The number of hydrogen-bond acceptors (Lipinski definition) is 7. The fraction of sp³-hybridized carbons (Fsp3) is 0.304. The van der Waals surface area contributed by atoms with Gasteiger partial charge in [-0.25, -0.2) is 19.2 Å². The van der Waals surface area contributed by atoms with Gasteiger partial charge in [0.05, 0.1) is 6.04 Å². The summed E-state index contributed by atoms with van der Waals surface area (Å²) in [5, 5.41) is 5.50. The van der Waals surface area contributed by atoms with Crippen LogP contribution in [0.3, 0.4) is 0 Å². The summed E-state index contributed by atoms with van der Waals surface area (Å²) in [5.41, 5.74) is 7.73. The van der Waals surface area contributed by atoms with Crippen LogP contribution in [0.2, 0.25) is 5.02 Å². The second kappa shape index (κ2) is 10.7. The molecule has 0 saturated carbocycles. The van der Waals surface area contributed by atoms with Crippen molar-refractivity contribution in [3.8, 4) is 0 Å². The predicted molar refractivity (Wildman–Crippen MR) is 134 cm³/mol. The normalized spacial score (nSPS) is 20.2. The third-order valence-electron chi connectivity index (χ3n) is 5.69. The molecule has 2 aliphatic rings. The standard InChI is InChI=1S/C23H23ClF3N7OS/c1-33(2)23(35)31-14-8-17-18(12(9-28)10-30-22(26)27)19(15-4-3-13(25)7-16(15)24)32-20(34(17)11-14)21-29-5-6-36-21/h3-7,9-10,14,19,22H,8,11,28H2,1-2H3,(H,31,35)/t14-,19-/m0/s1. The van der Waals surface area contributed by atoms with Gasteiger partial charge in [0.1, 0.15) is 11.9 Å². The van der Waals surface area contributed by atoms with E-state index in [9.17, 15) is 18.0 Å². The number of thiazole rings is 1. The molecule has 1 aromatic heterocycles. The molecule has 13 heteroatoms. The van der Waals surface area contributed by atoms with Crippen LogP contribution in [0.5, 0.6) is 0 Å². The summed E-state index contributed by atoms with van der Waals surface area (Å²) in [5.74, 6) is -0.00129. The third kappa shape index (κ3) is 5.24. The molecule has 0 unspecified atom stereocenters. The number of fused-ring (bicyclic) bond motifs is 1. The Morgan fingerprint density at radius 1 is 1.42 bits per heavy atom. The minimum absolute atomic E-state index is 0.117. The summed E-state index contributed by atoms with van der Waals surface area (Å²) >= 11 is 7.80. The Kier molecular flexibility index (Phi) is 7.65. The fourth-order valence-corrected chi connectivity index (χ4v) is 5.05. The number of amides is 2. The summed E-state index contributed by atoms with van der Waals surface area (Å²) in [6, 6.07) is 2.51. The average molecular weight is 538 g/mol. The number of alkyl halides is 2. The second-order valence-corrected chi connectivity index (χ2v) is 9.55. The predicted octanol–water partition coefficient (Wildman–Crippen LogP) is 4.17. The van der Waals surface area contributed by atoms with E-state index in [1.54, 1.807) is 25.7 Å². The van der Waals surface area contributed by atoms with Crippen LogP contribution in [0, 0.1) is 5.82 Å². The minimum Gasteiger partial charge on any atom is -0.404 e. The number of nitrogens with two attached hydrogens (primary N) is 1. The van der Waals surface area contributed by atoms with Crippen LogP contribution in [0.15, 0.2) is 62.8 Å². The maximum absolute atomic E-state index is 13.9. The number of urea groups is 1. The summed E-state index contributed by atoms with van der Waals surface area (Å²) in [6.07, 6.45) is 4.16. The van der Waals surface area contributed by atoms with Gasteiger partial charge in [-0.2, -0.15) is 8.78 Å². The number of carbonyl (C=O) groups is 1. The first-order valence-electron chi connectivity index (χ1n) is 10.8. The fourth-order valence-electron chi connectivity index (χ4n) is 4.14. The van der Waals surface area contributed by atoms with Crippen molar-refractivity contribution in [3.63, 3.8) is 0 Å². The van der Waals surface area contributed by atoms with Crippen LogP contribution < -0.4 is 11.1 Å². The zero-order valence-corrected chi connectivity index (χ0v) is 20.9. The first kappa shape index (κ1) is 25.7. The lowest BCUT2D eigenvalue weighted by atomic mass is 9.89. The van der Waals surface area contributed by atoms with Crippen molar-refractivity contribution in [1.82, 2.24) is 20.1 Å². The van der Waals surface area contributed by atoms with E-state index in [0.29, 0.717) is 40.6 Å². The van der Waals surface area contributed by atoms with Crippen molar-refractivity contribution in [1.29, 1.82) is 0 Å². The molecular weight excluding hydrogens is 515 g/mol. The number of carbonyl (C=O) groups excluding carboxylic acids is 1. The molecule has 3 N–H and O–H groups in total. The van der Waals surface area contributed by atoms with Crippen molar-refractivity contribution >= 4 is 41.0 Å². The first-order chi connectivity index (χ1) is 17.2. The number of hydrogen-bond donors (Lipinski definition) is 2. The molecule has 2 amide bonds. The molecule has 190 valence electrons. The smallest absolute Gasteiger partial charge is 0.331 e. The first-order valence-corrected chi connectivity index (χ1v) is 12.1. The van der Waals surface area contributed by atoms with Gasteiger partial charge in [-0.3, -0.25) is 4.99 Å². The number of aromatic nitrogens is 1. The SMILES string of the molecule is CN(C)C(=O)N[C@H]1CC2=C(C(C=NC(F)F)=CN)[C@H](c3ccc(F)cc3Cl)N=C(c3nccs3)N2C1. The maximum Gasteiger partial charge on any atom is 0.331 e. The zero-order chi connectivity index (χ0) is 26.0. The number of benzene rings is 1. The Labute approximate surface area is 214 Å². The molecule has 0 bridgehead atoms. The summed E-state index contributed by atoms with van der Waals surface area (Å²) in [4.78, 5) is 28.2. The van der Waals surface area contributed by atoms with Gasteiger partial charge in [-0.15, -0.1) is 11.3 Å². The highest BCUT2D eigenvalue weighted by Gasteiger charge is 2.41. The van der Waals surface area contributed by atoms with Crippen LogP contribution in [-0.2, 0) is 0 Å². The van der Waals surface area contributed by atoms with E-state index >= 15 is 0 Å². The largest absolute Gasteiger partial charge is 0.404 e. The third-order valence-corrected chi connectivity index (χ3v) is 6.79. The van der Waals surface area contributed by atoms with Crippen molar-refractivity contribution in [3.05, 3.63) is 74.2 Å². The van der Waals surface area contributed by atoms with Gasteiger partial charge < -0.3 is 20.9 Å². The molecule has 2 aliphatic heterocycles. The lowest BCUT2D eigenvalue weighted by molar-refractivity contribution is 0.160. The van der Waals surface area contributed by atoms with E-state index in [4.69, 9.17) is 22.3 Å². The molecule has 3 heterocycles. The Morgan fingerprint density at radius 2 is 2.19 bits per heavy atom. The molecule has 1 fully saturated rings. The van der Waals surface area contributed by atoms with Gasteiger partial charge in [-0.05, 0) is 17.7 Å². The molecule has 36 heavy (non-hydrogen) atoms. The number of amidine groups is 1. The lowest BCUT2D eigenvalue weighted by Gasteiger charge is -2.33. The molecule has 2 atom stereocenters. The molecular formula is C23H23ClF3N7OS. The van der Waals surface area contributed by atoms with E-state index in [0.717, 1.165) is 12.3 Å². The highest BCUT2D eigenvalue weighted by molar-refractivity contribution is 7.11. The zero-order valence-electron chi connectivity index (χ0n) is 19.3. The van der Waals surface area contributed by atoms with Gasteiger partial charge in [0.15, 0.2) is 10.8 Å². The van der Waals surface area contributed by atoms with Gasteiger partial charge in [0.2, 0.25) is 0 Å². The van der Waals surface area contributed by atoms with Gasteiger partial charge in [0, 0.05) is 72.9 Å². The lowest BCUT2D eigenvalue weighted by Crippen LogP contribution is -2.43. The number of nitrogens with zero attached hydrogens (tertiary/aromatic N) is 5. The van der Waals surface area contributed by atoms with Gasteiger partial charge >= 0.3 is 12.6 Å². The molecule has 1 saturated heterocycles. The molecule has 2 aromatic rings. The Hall–Kier alpha value is -3.38. The molecule has 1 aromatic carbocycles. The second-order valence-electron chi connectivity index (χ2n) is 8.25. The van der Waals surface area contributed by atoms with Crippen LogP contribution in [0.4, 0.5) is 18.0 Å². The van der Waals surface area contributed by atoms with Gasteiger partial charge in [-0.1, -0.05) is 17.7 Å². The molecule has 8 nitrogen and oxygen atoms in total. The summed E-state index contributed by atoms with van der Waals surface area (Å²) in [6.45, 7) is -2.58. The highest BCUT2D eigenvalue weighted by atomic mass is 35.5. The highest BCUT2D eigenvalue weighted by Crippen LogP contribution is 2.44. The Morgan fingerprint density at radius 3 is 2.81 bits per heavy atom. The number of halogens is 4. The van der Waals surface area contributed by atoms with E-state index in [-0.39, 0.29) is 22.7 Å². The van der Waals surface area contributed by atoms with Crippen molar-refractivity contribution < 1.29 is 18.0 Å². The van der Waals surface area contributed by atoms with Gasteiger partial charge in [0.25, 0.3) is 0 Å². The molecule has 4 rings (SSSR count). The number of nitrogens with one attached hydrogen (secondary N) is 1. The number of aliphatic imine (C=N–C) groups is 2. The summed E-state index contributed by atoms with van der Waals surface area (Å²) < 4.78 is 39.8. The van der Waals surface area contributed by atoms with E-state index in [1.165, 1.54) is 34.6 Å². The summed E-state index contributed by atoms with van der Waals surface area (Å²) in [7, 11) is 3.26. The molecule has 0 aliphatic carbocycles. The van der Waals surface area contributed by atoms with E-state index in [1.807, 2.05) is 4.90 Å². The van der Waals surface area contributed by atoms with Crippen molar-refractivity contribution in [2.45, 2.75) is 25.1 Å². The quantitative estimate of drug-likeness (QED) is 0.427. The maximum atomic E-state index is 13.9. The van der Waals surface area contributed by atoms with Crippen LogP contribution in [0.1, 0.15) is 23.0 Å². The van der Waals surface area contributed by atoms with Crippen molar-refractivity contribution in [2.75, 3.05) is 20.6 Å². The number of rotatable bonds is 6. The van der Waals surface area contributed by atoms with E-state index < -0.39 is 18.4 Å². The topological polar surface area (TPSA) is 99.2 Å². The van der Waals surface area contributed by atoms with E-state index in [2.05, 4.69) is 15.3 Å². The molecule has 0 spiro atoms. The minimum atomic E-state index is -2.94. The Bertz CT molecular complexity index is 1260. The Balaban J connectivity index is 1.90.